The Hall–Kier alpha value is -1.09. The summed E-state index contributed by atoms with van der Waals surface area (Å²) in [6, 6.07) is 5.65. The highest BCUT2D eigenvalue weighted by Crippen LogP contribution is 2.27. The molecule has 3 heteroatoms. The van der Waals surface area contributed by atoms with Crippen molar-refractivity contribution in [1.29, 1.82) is 0 Å². The fourth-order valence-electron chi connectivity index (χ4n) is 2.24. The number of nitrogens with zero attached hydrogens (tertiary/aromatic N) is 1. The van der Waals surface area contributed by atoms with Gasteiger partial charge in [-0.15, -0.1) is 0 Å². The molecule has 0 atom stereocenters. The molecule has 0 aromatic heterocycles. The van der Waals surface area contributed by atoms with Crippen molar-refractivity contribution in [2.75, 3.05) is 18.0 Å². The number of hydrogen-bond acceptors (Lipinski definition) is 2. The van der Waals surface area contributed by atoms with Gasteiger partial charge >= 0.3 is 0 Å². The molecular weight excluding hydrogens is 239 g/mol. The minimum absolute atomic E-state index is 0.121. The van der Waals surface area contributed by atoms with Gasteiger partial charge in [0.25, 0.3) is 0 Å². The molecule has 0 saturated heterocycles. The first kappa shape index (κ1) is 16.0. The number of benzene rings is 1. The van der Waals surface area contributed by atoms with Crippen LogP contribution >= 0.6 is 0 Å². The molecule has 0 aliphatic heterocycles. The Morgan fingerprint density at radius 2 is 1.89 bits per heavy atom. The van der Waals surface area contributed by atoms with Gasteiger partial charge in [-0.1, -0.05) is 32.9 Å². The number of rotatable bonds is 7. The van der Waals surface area contributed by atoms with Gasteiger partial charge in [-0.25, -0.2) is 4.39 Å². The summed E-state index contributed by atoms with van der Waals surface area (Å²) in [4.78, 5) is 2.17. The first-order valence-electron chi connectivity index (χ1n) is 7.22. The van der Waals surface area contributed by atoms with Crippen molar-refractivity contribution in [1.82, 2.24) is 5.32 Å². The van der Waals surface area contributed by atoms with Crippen LogP contribution in [0.2, 0.25) is 0 Å². The monoisotopic (exact) mass is 266 g/mol. The Labute approximate surface area is 117 Å². The van der Waals surface area contributed by atoms with E-state index in [9.17, 15) is 4.39 Å². The van der Waals surface area contributed by atoms with E-state index in [1.165, 1.54) is 0 Å². The van der Waals surface area contributed by atoms with Gasteiger partial charge in [0, 0.05) is 19.1 Å². The normalized spacial score (nSPS) is 11.4. The number of halogens is 1. The SMILES string of the molecule is CCNCc1cccc(F)c1N(CC(C)C)C(C)C. The number of anilines is 1. The van der Waals surface area contributed by atoms with E-state index in [1.807, 2.05) is 6.07 Å². The molecule has 0 fully saturated rings. The Kier molecular flexibility index (Phi) is 6.29. The zero-order chi connectivity index (χ0) is 14.4. The van der Waals surface area contributed by atoms with E-state index in [-0.39, 0.29) is 5.82 Å². The molecular formula is C16H27FN2. The maximum absolute atomic E-state index is 14.3. The molecule has 0 unspecified atom stereocenters. The fraction of sp³-hybridized carbons (Fsp3) is 0.625. The van der Waals surface area contributed by atoms with Crippen LogP contribution in [0, 0.1) is 11.7 Å². The van der Waals surface area contributed by atoms with E-state index < -0.39 is 0 Å². The van der Waals surface area contributed by atoms with Crippen molar-refractivity contribution in [3.8, 4) is 0 Å². The van der Waals surface area contributed by atoms with Gasteiger partial charge in [0.2, 0.25) is 0 Å². The molecule has 1 N–H and O–H groups in total. The smallest absolute Gasteiger partial charge is 0.146 e. The topological polar surface area (TPSA) is 15.3 Å². The molecule has 2 nitrogen and oxygen atoms in total. The van der Waals surface area contributed by atoms with E-state index >= 15 is 0 Å². The van der Waals surface area contributed by atoms with Gasteiger partial charge < -0.3 is 10.2 Å². The predicted octanol–water partition coefficient (Wildman–Crippen LogP) is 3.81. The Bertz CT molecular complexity index is 388. The van der Waals surface area contributed by atoms with Crippen molar-refractivity contribution >= 4 is 5.69 Å². The molecule has 0 amide bonds. The van der Waals surface area contributed by atoms with Crippen LogP contribution < -0.4 is 10.2 Å². The highest BCUT2D eigenvalue weighted by molar-refractivity contribution is 5.55. The lowest BCUT2D eigenvalue weighted by molar-refractivity contribution is 0.545. The van der Waals surface area contributed by atoms with Gasteiger partial charge in [0.1, 0.15) is 5.82 Å². The summed E-state index contributed by atoms with van der Waals surface area (Å²) in [5.41, 5.74) is 1.79. The maximum atomic E-state index is 14.3. The lowest BCUT2D eigenvalue weighted by atomic mass is 10.1. The van der Waals surface area contributed by atoms with E-state index in [4.69, 9.17) is 0 Å². The highest BCUT2D eigenvalue weighted by atomic mass is 19.1. The van der Waals surface area contributed by atoms with Gasteiger partial charge in [-0.2, -0.15) is 0 Å². The number of hydrogen-bond donors (Lipinski definition) is 1. The Balaban J connectivity index is 3.12. The van der Waals surface area contributed by atoms with Gasteiger partial charge in [-0.05, 0) is 37.9 Å². The largest absolute Gasteiger partial charge is 0.366 e. The molecule has 108 valence electrons. The van der Waals surface area contributed by atoms with E-state index in [1.54, 1.807) is 12.1 Å². The lowest BCUT2D eigenvalue weighted by Crippen LogP contribution is -2.36. The van der Waals surface area contributed by atoms with Crippen molar-refractivity contribution in [3.05, 3.63) is 29.6 Å². The third-order valence-corrected chi connectivity index (χ3v) is 3.11. The van der Waals surface area contributed by atoms with Crippen molar-refractivity contribution in [3.63, 3.8) is 0 Å². The fourth-order valence-corrected chi connectivity index (χ4v) is 2.24. The summed E-state index contributed by atoms with van der Waals surface area (Å²) in [6.07, 6.45) is 0. The van der Waals surface area contributed by atoms with E-state index in [2.05, 4.69) is 44.8 Å². The molecule has 0 saturated carbocycles. The van der Waals surface area contributed by atoms with E-state index in [0.717, 1.165) is 24.3 Å². The van der Waals surface area contributed by atoms with Gasteiger partial charge in [-0.3, -0.25) is 0 Å². The average molecular weight is 266 g/mol. The number of para-hydroxylation sites is 1. The van der Waals surface area contributed by atoms with Gasteiger partial charge in [0.05, 0.1) is 5.69 Å². The van der Waals surface area contributed by atoms with Crippen LogP contribution in [-0.4, -0.2) is 19.1 Å². The maximum Gasteiger partial charge on any atom is 0.146 e. The van der Waals surface area contributed by atoms with Crippen molar-refractivity contribution in [2.24, 2.45) is 5.92 Å². The zero-order valence-electron chi connectivity index (χ0n) is 12.8. The number of nitrogens with one attached hydrogen (secondary N) is 1. The lowest BCUT2D eigenvalue weighted by Gasteiger charge is -2.33. The third-order valence-electron chi connectivity index (χ3n) is 3.11. The molecule has 0 aliphatic rings. The summed E-state index contributed by atoms with van der Waals surface area (Å²) in [7, 11) is 0. The molecule has 1 aromatic rings. The minimum Gasteiger partial charge on any atom is -0.366 e. The summed E-state index contributed by atoms with van der Waals surface area (Å²) in [6.45, 7) is 13.1. The molecule has 1 rings (SSSR count). The average Bonchev–Trinajstić information content (AvgIpc) is 2.33. The van der Waals surface area contributed by atoms with Crippen LogP contribution in [-0.2, 0) is 6.54 Å². The summed E-state index contributed by atoms with van der Waals surface area (Å²) in [5.74, 6) is 0.388. The Morgan fingerprint density at radius 1 is 1.21 bits per heavy atom. The zero-order valence-corrected chi connectivity index (χ0v) is 12.8. The molecule has 0 radical (unpaired) electrons. The van der Waals surface area contributed by atoms with Crippen LogP contribution in [0.5, 0.6) is 0 Å². The minimum atomic E-state index is -0.121. The Morgan fingerprint density at radius 3 is 2.42 bits per heavy atom. The van der Waals surface area contributed by atoms with Crippen LogP contribution in [0.4, 0.5) is 10.1 Å². The predicted molar refractivity (Wildman–Crippen MR) is 81.1 cm³/mol. The van der Waals surface area contributed by atoms with Crippen LogP contribution in [0.25, 0.3) is 0 Å². The second-order valence-corrected chi connectivity index (χ2v) is 5.67. The van der Waals surface area contributed by atoms with Gasteiger partial charge in [0.15, 0.2) is 0 Å². The summed E-state index contributed by atoms with van der Waals surface area (Å²) < 4.78 is 14.3. The summed E-state index contributed by atoms with van der Waals surface area (Å²) in [5, 5.41) is 3.29. The molecule has 1 aromatic carbocycles. The standard InChI is InChI=1S/C16H27FN2/c1-6-18-10-14-8-7-9-15(17)16(14)19(13(4)5)11-12(2)3/h7-9,12-13,18H,6,10-11H2,1-5H3. The van der Waals surface area contributed by atoms with E-state index in [0.29, 0.717) is 18.5 Å². The second kappa shape index (κ2) is 7.49. The molecule has 0 bridgehead atoms. The van der Waals surface area contributed by atoms with Crippen LogP contribution in [0.15, 0.2) is 18.2 Å². The second-order valence-electron chi connectivity index (χ2n) is 5.67. The van der Waals surface area contributed by atoms with Crippen molar-refractivity contribution < 1.29 is 4.39 Å². The van der Waals surface area contributed by atoms with Crippen LogP contribution in [0.1, 0.15) is 40.2 Å². The first-order valence-corrected chi connectivity index (χ1v) is 7.22. The molecule has 0 spiro atoms. The highest BCUT2D eigenvalue weighted by Gasteiger charge is 2.19. The molecule has 19 heavy (non-hydrogen) atoms. The molecule has 0 aliphatic carbocycles. The van der Waals surface area contributed by atoms with Crippen LogP contribution in [0.3, 0.4) is 0 Å². The first-order chi connectivity index (χ1) is 8.97. The quantitative estimate of drug-likeness (QED) is 0.807. The third kappa shape index (κ3) is 4.50. The summed E-state index contributed by atoms with van der Waals surface area (Å²) >= 11 is 0. The molecule has 0 heterocycles. The van der Waals surface area contributed by atoms with Crippen molar-refractivity contribution in [2.45, 2.75) is 47.2 Å².